The number of pyridine rings is 3. The van der Waals surface area contributed by atoms with E-state index in [1.165, 1.54) is 0 Å². The summed E-state index contributed by atoms with van der Waals surface area (Å²) in [5.41, 5.74) is 5.48. The number of benzene rings is 3. The summed E-state index contributed by atoms with van der Waals surface area (Å²) in [6, 6.07) is 30.6. The standard InChI is InChI=1S/C33H29N3O3/c1-37-28-10-4-7-21-13-16-25(34-31(21)28)19-24(27-18-15-23-9-6-12-30(39-3)33(23)36-27)20-26-17-14-22-8-5-11-29(38-2)32(22)35-26/h4-18,24H,19-20H2,1-3H3. The van der Waals surface area contributed by atoms with Crippen LogP contribution in [0.4, 0.5) is 0 Å². The van der Waals surface area contributed by atoms with E-state index < -0.39 is 0 Å². The van der Waals surface area contributed by atoms with Crippen LogP contribution < -0.4 is 14.2 Å². The van der Waals surface area contributed by atoms with Crippen molar-refractivity contribution < 1.29 is 14.2 Å². The third-order valence-electron chi connectivity index (χ3n) is 7.18. The fourth-order valence-electron chi connectivity index (χ4n) is 5.19. The third kappa shape index (κ3) is 4.81. The molecule has 3 aromatic heterocycles. The molecule has 0 spiro atoms. The zero-order chi connectivity index (χ0) is 26.8. The van der Waals surface area contributed by atoms with Crippen molar-refractivity contribution >= 4 is 32.7 Å². The molecule has 6 heteroatoms. The van der Waals surface area contributed by atoms with Gasteiger partial charge in [0.2, 0.25) is 0 Å². The van der Waals surface area contributed by atoms with Crippen LogP contribution in [0.25, 0.3) is 32.7 Å². The highest BCUT2D eigenvalue weighted by Crippen LogP contribution is 2.31. The molecule has 0 N–H and O–H groups in total. The van der Waals surface area contributed by atoms with Crippen molar-refractivity contribution in [3.8, 4) is 17.2 Å². The number of rotatable bonds is 8. The molecule has 39 heavy (non-hydrogen) atoms. The Morgan fingerprint density at radius 3 is 1.33 bits per heavy atom. The second-order valence-corrected chi connectivity index (χ2v) is 9.54. The van der Waals surface area contributed by atoms with Crippen molar-refractivity contribution in [3.63, 3.8) is 0 Å². The summed E-state index contributed by atoms with van der Waals surface area (Å²) in [6.07, 6.45) is 1.38. The highest BCUT2D eigenvalue weighted by atomic mass is 16.5. The van der Waals surface area contributed by atoms with Crippen LogP contribution in [0.1, 0.15) is 23.0 Å². The first-order chi connectivity index (χ1) is 19.2. The van der Waals surface area contributed by atoms with Crippen molar-refractivity contribution in [2.24, 2.45) is 0 Å². The molecule has 3 aromatic carbocycles. The molecule has 194 valence electrons. The normalized spacial score (nSPS) is 11.4. The van der Waals surface area contributed by atoms with Gasteiger partial charge in [-0.2, -0.15) is 0 Å². The Morgan fingerprint density at radius 2 is 0.897 bits per heavy atom. The summed E-state index contributed by atoms with van der Waals surface area (Å²) in [5, 5.41) is 3.14. The van der Waals surface area contributed by atoms with Gasteiger partial charge in [-0.05, 0) is 49.2 Å². The van der Waals surface area contributed by atoms with Crippen LogP contribution in [0.15, 0.2) is 91.0 Å². The SMILES string of the molecule is COc1cccc2ccc(CC(Cc3ccc4cccc(OC)c4n3)c3ccc4cccc(OC)c4n3)nc12. The Morgan fingerprint density at radius 1 is 0.487 bits per heavy atom. The van der Waals surface area contributed by atoms with E-state index >= 15 is 0 Å². The molecule has 0 saturated heterocycles. The van der Waals surface area contributed by atoms with Crippen LogP contribution in [0.2, 0.25) is 0 Å². The minimum atomic E-state index is 0.0265. The molecule has 6 nitrogen and oxygen atoms in total. The third-order valence-corrected chi connectivity index (χ3v) is 7.18. The van der Waals surface area contributed by atoms with Crippen LogP contribution in [0.5, 0.6) is 17.2 Å². The second-order valence-electron chi connectivity index (χ2n) is 9.54. The number of nitrogens with zero attached hydrogens (tertiary/aromatic N) is 3. The van der Waals surface area contributed by atoms with Gasteiger partial charge in [0.15, 0.2) is 0 Å². The molecule has 0 fully saturated rings. The fourth-order valence-corrected chi connectivity index (χ4v) is 5.19. The molecule has 6 aromatic rings. The minimum Gasteiger partial charge on any atom is -0.494 e. The molecular weight excluding hydrogens is 486 g/mol. The Kier molecular flexibility index (Phi) is 6.68. The lowest BCUT2D eigenvalue weighted by atomic mass is 9.92. The fraction of sp³-hybridized carbons (Fsp3) is 0.182. The van der Waals surface area contributed by atoms with E-state index in [0.29, 0.717) is 12.8 Å². The number of hydrogen-bond acceptors (Lipinski definition) is 6. The van der Waals surface area contributed by atoms with Crippen molar-refractivity contribution in [1.29, 1.82) is 0 Å². The Hall–Kier alpha value is -4.71. The van der Waals surface area contributed by atoms with Gasteiger partial charge < -0.3 is 14.2 Å². The van der Waals surface area contributed by atoms with Crippen LogP contribution >= 0.6 is 0 Å². The predicted molar refractivity (Wildman–Crippen MR) is 155 cm³/mol. The molecule has 6 rings (SSSR count). The van der Waals surface area contributed by atoms with E-state index in [4.69, 9.17) is 29.2 Å². The van der Waals surface area contributed by atoms with Crippen molar-refractivity contribution in [3.05, 3.63) is 108 Å². The number of hydrogen-bond donors (Lipinski definition) is 0. The van der Waals surface area contributed by atoms with E-state index in [1.54, 1.807) is 21.3 Å². The first-order valence-electron chi connectivity index (χ1n) is 13.0. The number of fused-ring (bicyclic) bond motifs is 3. The Labute approximate surface area is 227 Å². The summed E-state index contributed by atoms with van der Waals surface area (Å²) >= 11 is 0. The first-order valence-corrected chi connectivity index (χ1v) is 13.0. The van der Waals surface area contributed by atoms with Crippen LogP contribution in [0.3, 0.4) is 0 Å². The largest absolute Gasteiger partial charge is 0.494 e. The van der Waals surface area contributed by atoms with Gasteiger partial charge in [-0.3, -0.25) is 0 Å². The van der Waals surface area contributed by atoms with Gasteiger partial charge in [0.1, 0.15) is 33.8 Å². The average Bonchev–Trinajstić information content (AvgIpc) is 2.99. The average molecular weight is 516 g/mol. The summed E-state index contributed by atoms with van der Waals surface area (Å²) < 4.78 is 16.8. The van der Waals surface area contributed by atoms with Crippen molar-refractivity contribution in [2.45, 2.75) is 18.8 Å². The van der Waals surface area contributed by atoms with Crippen LogP contribution in [0, 0.1) is 0 Å². The highest BCUT2D eigenvalue weighted by molar-refractivity contribution is 5.86. The lowest BCUT2D eigenvalue weighted by molar-refractivity contribution is 0.418. The number of para-hydroxylation sites is 3. The van der Waals surface area contributed by atoms with E-state index in [9.17, 15) is 0 Å². The monoisotopic (exact) mass is 515 g/mol. The maximum atomic E-state index is 5.63. The van der Waals surface area contributed by atoms with Crippen molar-refractivity contribution in [2.75, 3.05) is 21.3 Å². The predicted octanol–water partition coefficient (Wildman–Crippen LogP) is 6.93. The molecule has 0 aliphatic rings. The molecule has 0 radical (unpaired) electrons. The summed E-state index contributed by atoms with van der Waals surface area (Å²) in [6.45, 7) is 0. The lowest BCUT2D eigenvalue weighted by Crippen LogP contribution is -2.11. The molecule has 0 aliphatic carbocycles. The highest BCUT2D eigenvalue weighted by Gasteiger charge is 2.19. The summed E-state index contributed by atoms with van der Waals surface area (Å²) in [5.74, 6) is 2.32. The van der Waals surface area contributed by atoms with Gasteiger partial charge in [-0.1, -0.05) is 54.6 Å². The lowest BCUT2D eigenvalue weighted by Gasteiger charge is -2.18. The molecule has 0 atom stereocenters. The Balaban J connectivity index is 1.44. The summed E-state index contributed by atoms with van der Waals surface area (Å²) in [7, 11) is 5.04. The second kappa shape index (κ2) is 10.6. The molecule has 3 heterocycles. The van der Waals surface area contributed by atoms with E-state index in [2.05, 4.69) is 54.6 Å². The first kappa shape index (κ1) is 24.6. The van der Waals surface area contributed by atoms with E-state index in [0.717, 1.165) is 67.0 Å². The van der Waals surface area contributed by atoms with Gasteiger partial charge in [-0.15, -0.1) is 0 Å². The van der Waals surface area contributed by atoms with Gasteiger partial charge >= 0.3 is 0 Å². The zero-order valence-electron chi connectivity index (χ0n) is 22.2. The maximum Gasteiger partial charge on any atom is 0.145 e. The van der Waals surface area contributed by atoms with Crippen molar-refractivity contribution in [1.82, 2.24) is 15.0 Å². The van der Waals surface area contributed by atoms with Crippen LogP contribution in [-0.4, -0.2) is 36.3 Å². The number of ether oxygens (including phenoxy) is 3. The quantitative estimate of drug-likeness (QED) is 0.219. The maximum absolute atomic E-state index is 5.63. The minimum absolute atomic E-state index is 0.0265. The Bertz CT molecular complexity index is 1710. The van der Waals surface area contributed by atoms with E-state index in [1.807, 2.05) is 36.4 Å². The molecule has 0 bridgehead atoms. The molecular formula is C33H29N3O3. The molecule has 0 amide bonds. The topological polar surface area (TPSA) is 66.4 Å². The molecule has 0 saturated carbocycles. The summed E-state index contributed by atoms with van der Waals surface area (Å²) in [4.78, 5) is 15.1. The molecule has 0 unspecified atom stereocenters. The number of methoxy groups -OCH3 is 3. The molecule has 0 aliphatic heterocycles. The van der Waals surface area contributed by atoms with Crippen LogP contribution in [-0.2, 0) is 12.8 Å². The zero-order valence-corrected chi connectivity index (χ0v) is 22.2. The van der Waals surface area contributed by atoms with Gasteiger partial charge in [-0.25, -0.2) is 15.0 Å². The van der Waals surface area contributed by atoms with Gasteiger partial charge in [0, 0.05) is 39.2 Å². The van der Waals surface area contributed by atoms with Gasteiger partial charge in [0.05, 0.1) is 21.3 Å². The van der Waals surface area contributed by atoms with Gasteiger partial charge in [0.25, 0.3) is 0 Å². The smallest absolute Gasteiger partial charge is 0.145 e. The number of aromatic nitrogens is 3. The van der Waals surface area contributed by atoms with E-state index in [-0.39, 0.29) is 5.92 Å².